The molecule has 1 saturated heterocycles. The summed E-state index contributed by atoms with van der Waals surface area (Å²) in [7, 11) is 0. The Bertz CT molecular complexity index is 1100. The van der Waals surface area contributed by atoms with Crippen LogP contribution in [-0.2, 0) is 9.53 Å². The molecule has 4 rings (SSSR count). The van der Waals surface area contributed by atoms with E-state index in [4.69, 9.17) is 4.74 Å². The highest BCUT2D eigenvalue weighted by molar-refractivity contribution is 6.07. The van der Waals surface area contributed by atoms with Gasteiger partial charge in [0.1, 0.15) is 6.54 Å². The molecule has 160 valence electrons. The number of hydrogen-bond acceptors (Lipinski definition) is 4. The lowest BCUT2D eigenvalue weighted by atomic mass is 10.1. The van der Waals surface area contributed by atoms with E-state index in [0.29, 0.717) is 18.7 Å². The summed E-state index contributed by atoms with van der Waals surface area (Å²) < 4.78 is 5.75. The highest BCUT2D eigenvalue weighted by Crippen LogP contribution is 2.21. The van der Waals surface area contributed by atoms with Gasteiger partial charge in [0.15, 0.2) is 0 Å². The normalized spacial score (nSPS) is 15.7. The Morgan fingerprint density at radius 1 is 1.13 bits per heavy atom. The van der Waals surface area contributed by atoms with Gasteiger partial charge in [-0.15, -0.1) is 0 Å². The van der Waals surface area contributed by atoms with Crippen molar-refractivity contribution >= 4 is 28.4 Å². The van der Waals surface area contributed by atoms with Crippen molar-refractivity contribution in [2.24, 2.45) is 0 Å². The zero-order valence-corrected chi connectivity index (χ0v) is 17.9. The first-order chi connectivity index (χ1) is 15.0. The van der Waals surface area contributed by atoms with Crippen LogP contribution in [0.2, 0.25) is 0 Å². The number of carbonyl (C=O) groups excluding carboxylic acids is 2. The Balaban J connectivity index is 1.58. The largest absolute Gasteiger partial charge is 0.376 e. The molecule has 1 aliphatic rings. The Kier molecular flexibility index (Phi) is 6.28. The minimum Gasteiger partial charge on any atom is -0.376 e. The highest BCUT2D eigenvalue weighted by Gasteiger charge is 2.26. The van der Waals surface area contributed by atoms with Gasteiger partial charge in [-0.1, -0.05) is 24.3 Å². The van der Waals surface area contributed by atoms with E-state index in [0.717, 1.165) is 40.6 Å². The maximum atomic E-state index is 13.5. The topological polar surface area (TPSA) is 71.5 Å². The number of hydrogen-bond donors (Lipinski definition) is 1. The van der Waals surface area contributed by atoms with Crippen LogP contribution in [0.1, 0.15) is 34.3 Å². The molecule has 1 fully saturated rings. The Morgan fingerprint density at radius 3 is 2.77 bits per heavy atom. The fraction of sp³-hybridized carbons (Fsp3) is 0.320. The number of aromatic nitrogens is 1. The second-order valence-electron chi connectivity index (χ2n) is 7.99. The molecule has 31 heavy (non-hydrogen) atoms. The van der Waals surface area contributed by atoms with Crippen LogP contribution in [0.5, 0.6) is 0 Å². The molecule has 2 amide bonds. The summed E-state index contributed by atoms with van der Waals surface area (Å²) in [6.45, 7) is 5.02. The molecular formula is C25H27N3O3. The van der Waals surface area contributed by atoms with E-state index in [-0.39, 0.29) is 24.5 Å². The van der Waals surface area contributed by atoms with Gasteiger partial charge in [-0.3, -0.25) is 14.6 Å². The first-order valence-corrected chi connectivity index (χ1v) is 10.6. The molecule has 2 aromatic carbocycles. The van der Waals surface area contributed by atoms with Gasteiger partial charge in [-0.05, 0) is 62.1 Å². The third kappa shape index (κ3) is 4.75. The fourth-order valence-electron chi connectivity index (χ4n) is 3.96. The van der Waals surface area contributed by atoms with Crippen molar-refractivity contribution in [3.63, 3.8) is 0 Å². The van der Waals surface area contributed by atoms with Gasteiger partial charge >= 0.3 is 0 Å². The highest BCUT2D eigenvalue weighted by atomic mass is 16.5. The van der Waals surface area contributed by atoms with Gasteiger partial charge in [0.05, 0.1) is 11.6 Å². The first-order valence-electron chi connectivity index (χ1n) is 10.6. The van der Waals surface area contributed by atoms with Gasteiger partial charge in [0.2, 0.25) is 5.91 Å². The predicted octanol–water partition coefficient (Wildman–Crippen LogP) is 4.11. The standard InChI is InChI=1S/C25H27N3O3/c1-17-7-3-11-22(18(17)2)27-24(29)16-28(15-19-8-6-14-31-19)25(30)21-9-4-12-23-20(21)10-5-13-26-23/h3-5,7,9-13,19H,6,8,14-16H2,1-2H3,(H,27,29). The van der Waals surface area contributed by atoms with Crippen molar-refractivity contribution in [1.29, 1.82) is 0 Å². The number of rotatable bonds is 6. The second-order valence-corrected chi connectivity index (χ2v) is 7.99. The van der Waals surface area contributed by atoms with Gasteiger partial charge in [0.25, 0.3) is 5.91 Å². The number of fused-ring (bicyclic) bond motifs is 1. The van der Waals surface area contributed by atoms with Crippen LogP contribution in [0.3, 0.4) is 0 Å². The fourth-order valence-corrected chi connectivity index (χ4v) is 3.96. The number of ether oxygens (including phenoxy) is 1. The van der Waals surface area contributed by atoms with Gasteiger partial charge in [0, 0.05) is 36.0 Å². The molecule has 1 unspecified atom stereocenters. The van der Waals surface area contributed by atoms with Gasteiger partial charge in [-0.25, -0.2) is 0 Å². The van der Waals surface area contributed by atoms with Crippen LogP contribution < -0.4 is 5.32 Å². The Morgan fingerprint density at radius 2 is 1.97 bits per heavy atom. The number of amides is 2. The molecular weight excluding hydrogens is 390 g/mol. The molecule has 0 saturated carbocycles. The van der Waals surface area contributed by atoms with Crippen molar-refractivity contribution < 1.29 is 14.3 Å². The molecule has 1 aromatic heterocycles. The number of carbonyl (C=O) groups is 2. The summed E-state index contributed by atoms with van der Waals surface area (Å²) in [5.41, 5.74) is 4.19. The zero-order chi connectivity index (χ0) is 21.8. The average Bonchev–Trinajstić information content (AvgIpc) is 3.29. The lowest BCUT2D eigenvalue weighted by molar-refractivity contribution is -0.117. The monoisotopic (exact) mass is 417 g/mol. The van der Waals surface area contributed by atoms with E-state index in [1.165, 1.54) is 0 Å². The van der Waals surface area contributed by atoms with Crippen LogP contribution in [0.25, 0.3) is 10.9 Å². The maximum absolute atomic E-state index is 13.5. The molecule has 0 aliphatic carbocycles. The van der Waals surface area contributed by atoms with E-state index in [1.807, 2.05) is 56.3 Å². The Hall–Kier alpha value is -3.25. The number of benzene rings is 2. The smallest absolute Gasteiger partial charge is 0.255 e. The molecule has 1 aliphatic heterocycles. The molecule has 1 atom stereocenters. The molecule has 3 aromatic rings. The Labute approximate surface area is 182 Å². The number of aryl methyl sites for hydroxylation is 1. The van der Waals surface area contributed by atoms with Crippen LogP contribution >= 0.6 is 0 Å². The summed E-state index contributed by atoms with van der Waals surface area (Å²) in [6, 6.07) is 15.0. The van der Waals surface area contributed by atoms with Crippen LogP contribution in [0, 0.1) is 13.8 Å². The second kappa shape index (κ2) is 9.27. The molecule has 0 radical (unpaired) electrons. The van der Waals surface area contributed by atoms with Crippen LogP contribution in [-0.4, -0.2) is 47.5 Å². The van der Waals surface area contributed by atoms with Crippen LogP contribution in [0.4, 0.5) is 5.69 Å². The lowest BCUT2D eigenvalue weighted by Crippen LogP contribution is -2.42. The lowest BCUT2D eigenvalue weighted by Gasteiger charge is -2.26. The van der Waals surface area contributed by atoms with E-state index in [2.05, 4.69) is 10.3 Å². The number of anilines is 1. The van der Waals surface area contributed by atoms with Crippen molar-refractivity contribution in [3.8, 4) is 0 Å². The quantitative estimate of drug-likeness (QED) is 0.655. The number of nitrogens with zero attached hydrogens (tertiary/aromatic N) is 2. The first kappa shape index (κ1) is 21.0. The van der Waals surface area contributed by atoms with E-state index >= 15 is 0 Å². The summed E-state index contributed by atoms with van der Waals surface area (Å²) in [6.07, 6.45) is 3.52. The van der Waals surface area contributed by atoms with Crippen molar-refractivity contribution in [2.75, 3.05) is 25.0 Å². The summed E-state index contributed by atoms with van der Waals surface area (Å²) in [5.74, 6) is -0.413. The number of nitrogens with one attached hydrogen (secondary N) is 1. The number of pyridine rings is 1. The zero-order valence-electron chi connectivity index (χ0n) is 17.9. The minimum atomic E-state index is -0.224. The van der Waals surface area contributed by atoms with Crippen LogP contribution in [0.15, 0.2) is 54.7 Å². The molecule has 0 spiro atoms. The molecule has 6 nitrogen and oxygen atoms in total. The van der Waals surface area contributed by atoms with Crippen molar-refractivity contribution in [1.82, 2.24) is 9.88 Å². The average molecular weight is 418 g/mol. The third-order valence-electron chi connectivity index (χ3n) is 5.82. The SMILES string of the molecule is Cc1cccc(NC(=O)CN(CC2CCCO2)C(=O)c2cccc3ncccc23)c1C. The van der Waals surface area contributed by atoms with E-state index < -0.39 is 0 Å². The summed E-state index contributed by atoms with van der Waals surface area (Å²) in [4.78, 5) is 32.4. The molecule has 1 N–H and O–H groups in total. The summed E-state index contributed by atoms with van der Waals surface area (Å²) in [5, 5.41) is 3.74. The van der Waals surface area contributed by atoms with Gasteiger partial charge in [-0.2, -0.15) is 0 Å². The summed E-state index contributed by atoms with van der Waals surface area (Å²) >= 11 is 0. The maximum Gasteiger partial charge on any atom is 0.255 e. The minimum absolute atomic E-state index is 0.0390. The molecule has 6 heteroatoms. The van der Waals surface area contributed by atoms with Gasteiger partial charge < -0.3 is 15.0 Å². The van der Waals surface area contributed by atoms with E-state index in [9.17, 15) is 9.59 Å². The van der Waals surface area contributed by atoms with Crippen molar-refractivity contribution in [3.05, 3.63) is 71.4 Å². The van der Waals surface area contributed by atoms with E-state index in [1.54, 1.807) is 17.2 Å². The molecule has 2 heterocycles. The third-order valence-corrected chi connectivity index (χ3v) is 5.82. The molecule has 0 bridgehead atoms. The predicted molar refractivity (Wildman–Crippen MR) is 121 cm³/mol. The van der Waals surface area contributed by atoms with Crippen molar-refractivity contribution in [2.45, 2.75) is 32.8 Å².